The molecule has 2 unspecified atom stereocenters. The third-order valence-corrected chi connectivity index (χ3v) is 2.11. The molecule has 0 radical (unpaired) electrons. The second-order valence-electron chi connectivity index (χ2n) is 3.82. The number of H-pyrrole nitrogens is 1. The summed E-state index contributed by atoms with van der Waals surface area (Å²) < 4.78 is 4.96. The van der Waals surface area contributed by atoms with Gasteiger partial charge in [-0.25, -0.2) is 0 Å². The fraction of sp³-hybridized carbons (Fsp3) is 0.778. The molecule has 0 fully saturated rings. The molecule has 0 bridgehead atoms. The summed E-state index contributed by atoms with van der Waals surface area (Å²) in [6.07, 6.45) is 0.427. The number of aromatic amines is 1. The zero-order valence-electron chi connectivity index (χ0n) is 9.73. The molecule has 1 aromatic rings. The first kappa shape index (κ1) is 12.6. The molecule has 0 saturated heterocycles. The average molecular weight is 227 g/mol. The van der Waals surface area contributed by atoms with Gasteiger partial charge in [0.05, 0.1) is 6.04 Å². The highest BCUT2D eigenvalue weighted by atomic mass is 16.5. The van der Waals surface area contributed by atoms with Crippen LogP contribution in [-0.4, -0.2) is 40.2 Å². The van der Waals surface area contributed by atoms with Crippen LogP contribution in [0, 0.1) is 5.92 Å². The topological polar surface area (TPSA) is 92.8 Å². The molecule has 1 amide bonds. The summed E-state index contributed by atoms with van der Waals surface area (Å²) in [5.41, 5.74) is 0. The second-order valence-corrected chi connectivity index (χ2v) is 3.82. The molecule has 1 rings (SSSR count). The van der Waals surface area contributed by atoms with E-state index in [0.29, 0.717) is 18.9 Å². The number of carbonyl (C=O) groups excluding carboxylic acids is 1. The van der Waals surface area contributed by atoms with E-state index >= 15 is 0 Å². The zero-order valence-corrected chi connectivity index (χ0v) is 9.73. The van der Waals surface area contributed by atoms with Crippen molar-refractivity contribution in [2.75, 3.05) is 13.7 Å². The summed E-state index contributed by atoms with van der Waals surface area (Å²) in [7, 11) is 1.62. The quantitative estimate of drug-likeness (QED) is 0.716. The fourth-order valence-corrected chi connectivity index (χ4v) is 1.38. The SMILES string of the molecule is COCC(C)CC(=O)NC(C)c1nn[nH]n1. The lowest BCUT2D eigenvalue weighted by Crippen LogP contribution is -2.29. The highest BCUT2D eigenvalue weighted by molar-refractivity contribution is 5.76. The van der Waals surface area contributed by atoms with Crippen LogP contribution in [0.3, 0.4) is 0 Å². The molecular weight excluding hydrogens is 210 g/mol. The Labute approximate surface area is 93.9 Å². The van der Waals surface area contributed by atoms with Crippen molar-refractivity contribution in [2.45, 2.75) is 26.3 Å². The molecule has 16 heavy (non-hydrogen) atoms. The molecule has 0 saturated carbocycles. The monoisotopic (exact) mass is 227 g/mol. The number of hydrogen-bond donors (Lipinski definition) is 2. The number of ether oxygens (including phenoxy) is 1. The van der Waals surface area contributed by atoms with Crippen LogP contribution in [-0.2, 0) is 9.53 Å². The number of hydrogen-bond acceptors (Lipinski definition) is 5. The lowest BCUT2D eigenvalue weighted by Gasteiger charge is -2.13. The Balaban J connectivity index is 2.34. The molecule has 0 aliphatic carbocycles. The van der Waals surface area contributed by atoms with Crippen molar-refractivity contribution >= 4 is 5.91 Å². The Hall–Kier alpha value is -1.50. The van der Waals surface area contributed by atoms with Crippen molar-refractivity contribution < 1.29 is 9.53 Å². The van der Waals surface area contributed by atoms with Gasteiger partial charge in [0.2, 0.25) is 5.91 Å². The molecule has 0 spiro atoms. The van der Waals surface area contributed by atoms with Crippen LogP contribution in [0.5, 0.6) is 0 Å². The number of nitrogens with zero attached hydrogens (tertiary/aromatic N) is 3. The van der Waals surface area contributed by atoms with Gasteiger partial charge in [-0.2, -0.15) is 5.21 Å². The van der Waals surface area contributed by atoms with Crippen LogP contribution in [0.2, 0.25) is 0 Å². The maximum absolute atomic E-state index is 11.6. The van der Waals surface area contributed by atoms with Crippen molar-refractivity contribution in [3.63, 3.8) is 0 Å². The largest absolute Gasteiger partial charge is 0.384 e. The maximum atomic E-state index is 11.6. The summed E-state index contributed by atoms with van der Waals surface area (Å²) >= 11 is 0. The van der Waals surface area contributed by atoms with E-state index in [2.05, 4.69) is 25.9 Å². The van der Waals surface area contributed by atoms with E-state index in [1.54, 1.807) is 7.11 Å². The van der Waals surface area contributed by atoms with Gasteiger partial charge < -0.3 is 10.1 Å². The summed E-state index contributed by atoms with van der Waals surface area (Å²) in [5, 5.41) is 16.2. The first-order valence-electron chi connectivity index (χ1n) is 5.15. The minimum Gasteiger partial charge on any atom is -0.384 e. The minimum atomic E-state index is -0.235. The lowest BCUT2D eigenvalue weighted by molar-refractivity contribution is -0.123. The van der Waals surface area contributed by atoms with Gasteiger partial charge >= 0.3 is 0 Å². The number of methoxy groups -OCH3 is 1. The van der Waals surface area contributed by atoms with E-state index in [0.717, 1.165) is 0 Å². The molecule has 1 aromatic heterocycles. The van der Waals surface area contributed by atoms with Crippen molar-refractivity contribution in [3.05, 3.63) is 5.82 Å². The third-order valence-electron chi connectivity index (χ3n) is 2.11. The van der Waals surface area contributed by atoms with E-state index < -0.39 is 0 Å². The van der Waals surface area contributed by atoms with E-state index in [-0.39, 0.29) is 17.9 Å². The molecule has 0 aliphatic heterocycles. The minimum absolute atomic E-state index is 0.0400. The smallest absolute Gasteiger partial charge is 0.220 e. The molecule has 7 nitrogen and oxygen atoms in total. The second kappa shape index (κ2) is 6.16. The maximum Gasteiger partial charge on any atom is 0.220 e. The standard InChI is InChI=1S/C9H17N5O2/c1-6(5-16-3)4-8(15)10-7(2)9-11-13-14-12-9/h6-7H,4-5H2,1-3H3,(H,10,15)(H,11,12,13,14). The number of carbonyl (C=O) groups is 1. The number of nitrogens with one attached hydrogen (secondary N) is 2. The Bertz CT molecular complexity index is 314. The number of amides is 1. The van der Waals surface area contributed by atoms with Gasteiger partial charge in [0, 0.05) is 20.1 Å². The van der Waals surface area contributed by atoms with E-state index in [1.807, 2.05) is 13.8 Å². The number of tetrazole rings is 1. The molecule has 2 atom stereocenters. The molecule has 90 valence electrons. The molecule has 0 aromatic carbocycles. The van der Waals surface area contributed by atoms with Gasteiger partial charge in [-0.15, -0.1) is 10.2 Å². The average Bonchev–Trinajstić information content (AvgIpc) is 2.69. The number of rotatable bonds is 6. The summed E-state index contributed by atoms with van der Waals surface area (Å²) in [6, 6.07) is -0.235. The van der Waals surface area contributed by atoms with Gasteiger partial charge in [-0.1, -0.05) is 12.1 Å². The van der Waals surface area contributed by atoms with Crippen LogP contribution < -0.4 is 5.32 Å². The molecule has 7 heteroatoms. The van der Waals surface area contributed by atoms with Gasteiger partial charge in [0.15, 0.2) is 5.82 Å². The first-order chi connectivity index (χ1) is 7.63. The van der Waals surface area contributed by atoms with Crippen molar-refractivity contribution in [1.82, 2.24) is 25.9 Å². The van der Waals surface area contributed by atoms with Gasteiger partial charge in [-0.05, 0) is 12.8 Å². The first-order valence-corrected chi connectivity index (χ1v) is 5.15. The predicted molar refractivity (Wildman–Crippen MR) is 56.4 cm³/mol. The fourth-order valence-electron chi connectivity index (χ4n) is 1.38. The van der Waals surface area contributed by atoms with Crippen molar-refractivity contribution in [2.24, 2.45) is 5.92 Å². The summed E-state index contributed by atoms with van der Waals surface area (Å²) in [6.45, 7) is 4.34. The third kappa shape index (κ3) is 3.93. The van der Waals surface area contributed by atoms with Crippen molar-refractivity contribution in [1.29, 1.82) is 0 Å². The molecule has 2 N–H and O–H groups in total. The highest BCUT2D eigenvalue weighted by Gasteiger charge is 2.15. The Kier molecular flexibility index (Phi) is 4.84. The van der Waals surface area contributed by atoms with Crippen LogP contribution in [0.4, 0.5) is 0 Å². The summed E-state index contributed by atoms with van der Waals surface area (Å²) in [4.78, 5) is 11.6. The van der Waals surface area contributed by atoms with E-state index in [4.69, 9.17) is 4.74 Å². The van der Waals surface area contributed by atoms with Gasteiger partial charge in [0.25, 0.3) is 0 Å². The lowest BCUT2D eigenvalue weighted by atomic mass is 10.1. The Morgan fingerprint density at radius 1 is 1.56 bits per heavy atom. The van der Waals surface area contributed by atoms with Gasteiger partial charge in [0.1, 0.15) is 0 Å². The Morgan fingerprint density at radius 2 is 2.31 bits per heavy atom. The van der Waals surface area contributed by atoms with E-state index in [9.17, 15) is 4.79 Å². The summed E-state index contributed by atoms with van der Waals surface area (Å²) in [5.74, 6) is 0.636. The normalized spacial score (nSPS) is 14.4. The van der Waals surface area contributed by atoms with E-state index in [1.165, 1.54) is 0 Å². The van der Waals surface area contributed by atoms with Crippen LogP contribution in [0.25, 0.3) is 0 Å². The van der Waals surface area contributed by atoms with Crippen LogP contribution >= 0.6 is 0 Å². The number of aromatic nitrogens is 4. The van der Waals surface area contributed by atoms with Crippen molar-refractivity contribution in [3.8, 4) is 0 Å². The molecular formula is C9H17N5O2. The van der Waals surface area contributed by atoms with Crippen LogP contribution in [0.15, 0.2) is 0 Å². The predicted octanol–water partition coefficient (Wildman–Crippen LogP) is 0.0495. The van der Waals surface area contributed by atoms with Crippen LogP contribution in [0.1, 0.15) is 32.1 Å². The highest BCUT2D eigenvalue weighted by Crippen LogP contribution is 2.06. The van der Waals surface area contributed by atoms with Gasteiger partial charge in [-0.3, -0.25) is 4.79 Å². The Morgan fingerprint density at radius 3 is 2.88 bits per heavy atom. The molecule has 0 aliphatic rings. The zero-order chi connectivity index (χ0) is 12.0. The molecule has 1 heterocycles.